The van der Waals surface area contributed by atoms with E-state index in [9.17, 15) is 4.79 Å². The summed E-state index contributed by atoms with van der Waals surface area (Å²) in [5.41, 5.74) is 12.1. The summed E-state index contributed by atoms with van der Waals surface area (Å²) in [6.45, 7) is 7.79. The Labute approximate surface area is 144 Å². The van der Waals surface area contributed by atoms with Crippen LogP contribution in [0.4, 0.5) is 16.2 Å². The Morgan fingerprint density at radius 2 is 1.88 bits per heavy atom. The van der Waals surface area contributed by atoms with Gasteiger partial charge >= 0.3 is 6.09 Å². The van der Waals surface area contributed by atoms with Crippen molar-refractivity contribution in [1.82, 2.24) is 4.90 Å². The molecule has 4 N–H and O–H groups in total. The molecule has 134 valence electrons. The monoisotopic (exact) mass is 335 g/mol. The number of nitrogen functional groups attached to an aromatic ring is 2. The van der Waals surface area contributed by atoms with Crippen molar-refractivity contribution >= 4 is 17.5 Å². The van der Waals surface area contributed by atoms with Gasteiger partial charge in [-0.2, -0.15) is 0 Å². The third-order valence-corrected chi connectivity index (χ3v) is 4.12. The molecule has 0 spiro atoms. The Balaban J connectivity index is 1.69. The summed E-state index contributed by atoms with van der Waals surface area (Å²) in [4.78, 5) is 13.8. The Hall–Kier alpha value is -2.11. The van der Waals surface area contributed by atoms with Gasteiger partial charge in [-0.25, -0.2) is 4.79 Å². The first kappa shape index (κ1) is 18.2. The Morgan fingerprint density at radius 1 is 1.21 bits per heavy atom. The summed E-state index contributed by atoms with van der Waals surface area (Å²) in [7, 11) is 0. The van der Waals surface area contributed by atoms with Crippen molar-refractivity contribution in [2.45, 2.75) is 45.6 Å². The summed E-state index contributed by atoms with van der Waals surface area (Å²) in [6.07, 6.45) is 2.71. The van der Waals surface area contributed by atoms with Crippen LogP contribution in [0.2, 0.25) is 0 Å². The smallest absolute Gasteiger partial charge is 0.410 e. The molecular weight excluding hydrogens is 306 g/mol. The molecule has 1 saturated heterocycles. The van der Waals surface area contributed by atoms with Crippen LogP contribution in [-0.2, 0) is 4.74 Å². The molecule has 1 aliphatic heterocycles. The van der Waals surface area contributed by atoms with Gasteiger partial charge in [-0.1, -0.05) is 0 Å². The van der Waals surface area contributed by atoms with Crippen LogP contribution in [0, 0.1) is 5.92 Å². The number of hydrogen-bond acceptors (Lipinski definition) is 5. The Kier molecular flexibility index (Phi) is 5.80. The fourth-order valence-electron chi connectivity index (χ4n) is 2.72. The van der Waals surface area contributed by atoms with Gasteiger partial charge in [-0.3, -0.25) is 0 Å². The number of piperidine rings is 1. The fourth-order valence-corrected chi connectivity index (χ4v) is 2.72. The van der Waals surface area contributed by atoms with Gasteiger partial charge in [0, 0.05) is 19.2 Å². The van der Waals surface area contributed by atoms with Gasteiger partial charge in [0.2, 0.25) is 0 Å². The number of ether oxygens (including phenoxy) is 2. The maximum absolute atomic E-state index is 12.0. The molecule has 0 aromatic heterocycles. The third-order valence-electron chi connectivity index (χ3n) is 4.12. The second kappa shape index (κ2) is 7.64. The predicted octanol–water partition coefficient (Wildman–Crippen LogP) is 3.27. The first-order chi connectivity index (χ1) is 11.2. The average Bonchev–Trinajstić information content (AvgIpc) is 2.50. The summed E-state index contributed by atoms with van der Waals surface area (Å²) in [5.74, 6) is 1.31. The number of carbonyl (C=O) groups is 1. The highest BCUT2D eigenvalue weighted by Crippen LogP contribution is 2.24. The second-order valence-corrected chi connectivity index (χ2v) is 7.34. The minimum Gasteiger partial charge on any atom is -0.494 e. The van der Waals surface area contributed by atoms with Crippen LogP contribution in [0.1, 0.15) is 40.0 Å². The lowest BCUT2D eigenvalue weighted by atomic mass is 9.94. The van der Waals surface area contributed by atoms with E-state index in [1.54, 1.807) is 17.0 Å². The van der Waals surface area contributed by atoms with E-state index in [0.717, 1.165) is 38.1 Å². The number of hydrogen-bond donors (Lipinski definition) is 2. The highest BCUT2D eigenvalue weighted by molar-refractivity contribution is 5.68. The van der Waals surface area contributed by atoms with E-state index in [4.69, 9.17) is 20.9 Å². The second-order valence-electron chi connectivity index (χ2n) is 7.34. The fraction of sp³-hybridized carbons (Fsp3) is 0.611. The first-order valence-corrected chi connectivity index (χ1v) is 8.50. The average molecular weight is 335 g/mol. The molecule has 24 heavy (non-hydrogen) atoms. The number of anilines is 2. The van der Waals surface area contributed by atoms with E-state index >= 15 is 0 Å². The molecule has 0 aliphatic carbocycles. The lowest BCUT2D eigenvalue weighted by Gasteiger charge is -2.33. The zero-order valence-corrected chi connectivity index (χ0v) is 14.9. The molecule has 1 aliphatic rings. The van der Waals surface area contributed by atoms with Crippen LogP contribution in [0.5, 0.6) is 5.75 Å². The number of likely N-dealkylation sites (tertiary alicyclic amines) is 1. The van der Waals surface area contributed by atoms with Crippen molar-refractivity contribution in [3.63, 3.8) is 0 Å². The number of rotatable bonds is 4. The highest BCUT2D eigenvalue weighted by atomic mass is 16.6. The minimum atomic E-state index is -0.442. The maximum atomic E-state index is 12.0. The summed E-state index contributed by atoms with van der Waals surface area (Å²) in [6, 6.07) is 5.33. The Morgan fingerprint density at radius 3 is 2.46 bits per heavy atom. The molecule has 1 fully saturated rings. The van der Waals surface area contributed by atoms with Crippen LogP contribution >= 0.6 is 0 Å². The summed E-state index contributed by atoms with van der Waals surface area (Å²) >= 11 is 0. The van der Waals surface area contributed by atoms with Crippen molar-refractivity contribution in [2.75, 3.05) is 31.2 Å². The van der Waals surface area contributed by atoms with E-state index in [1.807, 2.05) is 26.8 Å². The molecule has 1 amide bonds. The van der Waals surface area contributed by atoms with Crippen LogP contribution in [0.3, 0.4) is 0 Å². The van der Waals surface area contributed by atoms with Gasteiger partial charge < -0.3 is 25.8 Å². The maximum Gasteiger partial charge on any atom is 0.410 e. The molecule has 6 nitrogen and oxygen atoms in total. The first-order valence-electron chi connectivity index (χ1n) is 8.50. The number of benzene rings is 1. The number of carbonyl (C=O) groups excluding carboxylic acids is 1. The van der Waals surface area contributed by atoms with Gasteiger partial charge in [0.1, 0.15) is 11.4 Å². The van der Waals surface area contributed by atoms with Crippen LogP contribution < -0.4 is 16.2 Å². The van der Waals surface area contributed by atoms with E-state index < -0.39 is 5.60 Å². The van der Waals surface area contributed by atoms with E-state index in [2.05, 4.69) is 0 Å². The van der Waals surface area contributed by atoms with Crippen molar-refractivity contribution in [3.8, 4) is 5.75 Å². The van der Waals surface area contributed by atoms with Crippen molar-refractivity contribution in [2.24, 2.45) is 5.92 Å². The standard InChI is InChI=1S/C18H29N3O3/c1-18(2,3)24-17(22)21-9-6-13(7-10-21)8-11-23-14-4-5-15(19)16(20)12-14/h4-5,12-13H,6-11,19-20H2,1-3H3. The third kappa shape index (κ3) is 5.51. The van der Waals surface area contributed by atoms with Gasteiger partial charge in [0.15, 0.2) is 0 Å². The predicted molar refractivity (Wildman–Crippen MR) is 95.9 cm³/mol. The molecule has 1 heterocycles. The zero-order valence-electron chi connectivity index (χ0n) is 14.9. The van der Waals surface area contributed by atoms with E-state index in [-0.39, 0.29) is 6.09 Å². The number of nitrogens with zero attached hydrogens (tertiary/aromatic N) is 1. The molecule has 0 unspecified atom stereocenters. The lowest BCUT2D eigenvalue weighted by Crippen LogP contribution is -2.41. The normalized spacial score (nSPS) is 16.0. The van der Waals surface area contributed by atoms with Crippen molar-refractivity contribution in [1.29, 1.82) is 0 Å². The van der Waals surface area contributed by atoms with Gasteiger partial charge in [-0.05, 0) is 58.1 Å². The van der Waals surface area contributed by atoms with Crippen molar-refractivity contribution in [3.05, 3.63) is 18.2 Å². The number of nitrogens with two attached hydrogens (primary N) is 2. The molecule has 0 radical (unpaired) electrons. The lowest BCUT2D eigenvalue weighted by molar-refractivity contribution is 0.0177. The molecule has 2 rings (SSSR count). The molecule has 0 bridgehead atoms. The SMILES string of the molecule is CC(C)(C)OC(=O)N1CCC(CCOc2ccc(N)c(N)c2)CC1. The quantitative estimate of drug-likeness (QED) is 0.824. The zero-order chi connectivity index (χ0) is 17.7. The van der Waals surface area contributed by atoms with Crippen molar-refractivity contribution < 1.29 is 14.3 Å². The summed E-state index contributed by atoms with van der Waals surface area (Å²) < 4.78 is 11.2. The van der Waals surface area contributed by atoms with Gasteiger partial charge in [0.05, 0.1) is 18.0 Å². The van der Waals surface area contributed by atoms with E-state index in [1.165, 1.54) is 0 Å². The molecule has 6 heteroatoms. The largest absolute Gasteiger partial charge is 0.494 e. The van der Waals surface area contributed by atoms with Gasteiger partial charge in [-0.15, -0.1) is 0 Å². The van der Waals surface area contributed by atoms with E-state index in [0.29, 0.717) is 23.9 Å². The van der Waals surface area contributed by atoms with Crippen LogP contribution in [0.15, 0.2) is 18.2 Å². The van der Waals surface area contributed by atoms with Crippen LogP contribution in [-0.4, -0.2) is 36.3 Å². The molecule has 1 aromatic rings. The molecular formula is C18H29N3O3. The minimum absolute atomic E-state index is 0.213. The molecule has 1 aromatic carbocycles. The Bertz CT molecular complexity index is 561. The van der Waals surface area contributed by atoms with Gasteiger partial charge in [0.25, 0.3) is 0 Å². The number of amides is 1. The highest BCUT2D eigenvalue weighted by Gasteiger charge is 2.26. The van der Waals surface area contributed by atoms with Crippen LogP contribution in [0.25, 0.3) is 0 Å². The molecule has 0 saturated carbocycles. The molecule has 0 atom stereocenters. The summed E-state index contributed by atoms with van der Waals surface area (Å²) in [5, 5.41) is 0. The topological polar surface area (TPSA) is 90.8 Å².